The molecule has 5 heteroatoms. The molecule has 82 valence electrons. The van der Waals surface area contributed by atoms with Crippen molar-refractivity contribution in [2.75, 3.05) is 13.6 Å². The molecular weight excluding hydrogens is 186 g/mol. The van der Waals surface area contributed by atoms with E-state index in [1.54, 1.807) is 7.05 Å². The Bertz CT molecular complexity index is 201. The monoisotopic (exact) mass is 203 g/mol. The summed E-state index contributed by atoms with van der Waals surface area (Å²) in [5.41, 5.74) is -1.68. The number of carboxylic acids is 2. The number of hydrogen-bond donors (Lipinski definition) is 3. The van der Waals surface area contributed by atoms with Crippen LogP contribution < -0.4 is 5.32 Å². The third-order valence-electron chi connectivity index (χ3n) is 2.25. The zero-order valence-electron chi connectivity index (χ0n) is 8.54. The Kier molecular flexibility index (Phi) is 5.15. The molecule has 14 heavy (non-hydrogen) atoms. The summed E-state index contributed by atoms with van der Waals surface area (Å²) in [5, 5.41) is 20.5. The molecule has 3 N–H and O–H groups in total. The van der Waals surface area contributed by atoms with Crippen molar-refractivity contribution in [3.05, 3.63) is 0 Å². The molecule has 0 aliphatic heterocycles. The Morgan fingerprint density at radius 1 is 1.29 bits per heavy atom. The van der Waals surface area contributed by atoms with Crippen LogP contribution in [0.3, 0.4) is 0 Å². The number of carboxylic acid groups (broad SMARTS) is 2. The Labute approximate surface area is 83.1 Å². The third-order valence-corrected chi connectivity index (χ3v) is 2.25. The average Bonchev–Trinajstić information content (AvgIpc) is 2.11. The van der Waals surface area contributed by atoms with Crippen molar-refractivity contribution < 1.29 is 19.8 Å². The summed E-state index contributed by atoms with van der Waals surface area (Å²) in [6.07, 6.45) is 1.54. The zero-order chi connectivity index (χ0) is 11.2. The van der Waals surface area contributed by atoms with Crippen LogP contribution in [0.5, 0.6) is 0 Å². The first-order valence-corrected chi connectivity index (χ1v) is 4.62. The third kappa shape index (κ3) is 2.70. The Balaban J connectivity index is 4.75. The molecule has 5 nitrogen and oxygen atoms in total. The van der Waals surface area contributed by atoms with Gasteiger partial charge >= 0.3 is 11.9 Å². The predicted octanol–water partition coefficient (Wildman–Crippen LogP) is 0.552. The smallest absolute Gasteiger partial charge is 0.322 e. The number of carbonyl (C=O) groups is 2. The molecular formula is C9H17NO4. The normalized spacial score (nSPS) is 11.3. The van der Waals surface area contributed by atoms with Crippen molar-refractivity contribution in [2.24, 2.45) is 5.41 Å². The molecule has 0 bridgehead atoms. The molecule has 0 amide bonds. The van der Waals surface area contributed by atoms with Crippen LogP contribution in [0.15, 0.2) is 0 Å². The second-order valence-corrected chi connectivity index (χ2v) is 3.33. The largest absolute Gasteiger partial charge is 0.480 e. The highest BCUT2D eigenvalue weighted by molar-refractivity contribution is 5.98. The van der Waals surface area contributed by atoms with Gasteiger partial charge in [-0.1, -0.05) is 19.8 Å². The second-order valence-electron chi connectivity index (χ2n) is 3.33. The first-order valence-electron chi connectivity index (χ1n) is 4.62. The fraction of sp³-hybridized carbons (Fsp3) is 0.778. The minimum Gasteiger partial charge on any atom is -0.480 e. The highest BCUT2D eigenvalue weighted by Gasteiger charge is 2.45. The van der Waals surface area contributed by atoms with Gasteiger partial charge in [0.2, 0.25) is 0 Å². The lowest BCUT2D eigenvalue weighted by Crippen LogP contribution is -2.46. The number of unbranched alkanes of at least 4 members (excludes halogenated alkanes) is 1. The molecule has 0 saturated carbocycles. The first kappa shape index (κ1) is 12.9. The van der Waals surface area contributed by atoms with E-state index >= 15 is 0 Å². The van der Waals surface area contributed by atoms with Crippen LogP contribution in [0.25, 0.3) is 0 Å². The quantitative estimate of drug-likeness (QED) is 0.526. The summed E-state index contributed by atoms with van der Waals surface area (Å²) in [4.78, 5) is 21.9. The lowest BCUT2D eigenvalue weighted by Gasteiger charge is -2.24. The Morgan fingerprint density at radius 3 is 2.07 bits per heavy atom. The number of rotatable bonds is 7. The van der Waals surface area contributed by atoms with Crippen molar-refractivity contribution in [1.82, 2.24) is 5.32 Å². The number of nitrogens with one attached hydrogen (secondary N) is 1. The minimum absolute atomic E-state index is 0.0440. The van der Waals surface area contributed by atoms with Gasteiger partial charge in [0.15, 0.2) is 5.41 Å². The average molecular weight is 203 g/mol. The summed E-state index contributed by atoms with van der Waals surface area (Å²) in [5.74, 6) is -2.54. The van der Waals surface area contributed by atoms with Crippen LogP contribution in [0, 0.1) is 5.41 Å². The van der Waals surface area contributed by atoms with Crippen molar-refractivity contribution in [1.29, 1.82) is 0 Å². The maximum Gasteiger partial charge on any atom is 0.322 e. The number of hydrogen-bond acceptors (Lipinski definition) is 3. The van der Waals surface area contributed by atoms with E-state index in [2.05, 4.69) is 5.32 Å². The topological polar surface area (TPSA) is 86.6 Å². The van der Waals surface area contributed by atoms with Gasteiger partial charge in [0.05, 0.1) is 0 Å². The van der Waals surface area contributed by atoms with Crippen molar-refractivity contribution >= 4 is 11.9 Å². The molecule has 0 aromatic rings. The van der Waals surface area contributed by atoms with Crippen LogP contribution in [-0.4, -0.2) is 35.7 Å². The second kappa shape index (κ2) is 5.59. The Hall–Kier alpha value is -1.10. The van der Waals surface area contributed by atoms with E-state index in [0.29, 0.717) is 6.42 Å². The molecule has 0 atom stereocenters. The lowest BCUT2D eigenvalue weighted by atomic mass is 9.82. The van der Waals surface area contributed by atoms with Gasteiger partial charge in [-0.05, 0) is 13.5 Å². The van der Waals surface area contributed by atoms with E-state index in [0.717, 1.165) is 6.42 Å². The fourth-order valence-electron chi connectivity index (χ4n) is 1.33. The van der Waals surface area contributed by atoms with E-state index < -0.39 is 17.4 Å². The number of aliphatic carboxylic acids is 2. The van der Waals surface area contributed by atoms with Crippen LogP contribution >= 0.6 is 0 Å². The van der Waals surface area contributed by atoms with Gasteiger partial charge in [0, 0.05) is 6.54 Å². The van der Waals surface area contributed by atoms with Gasteiger partial charge in [0.1, 0.15) is 0 Å². The van der Waals surface area contributed by atoms with Gasteiger partial charge in [-0.15, -0.1) is 0 Å². The van der Waals surface area contributed by atoms with E-state index in [-0.39, 0.29) is 13.0 Å². The SMILES string of the molecule is CCCCC(CNC)(C(=O)O)C(=O)O. The zero-order valence-corrected chi connectivity index (χ0v) is 8.54. The summed E-state index contributed by atoms with van der Waals surface area (Å²) >= 11 is 0. The Morgan fingerprint density at radius 2 is 1.79 bits per heavy atom. The molecule has 0 aliphatic rings. The molecule has 0 aromatic heterocycles. The molecule has 0 aliphatic carbocycles. The molecule has 0 radical (unpaired) electrons. The first-order chi connectivity index (χ1) is 6.51. The van der Waals surface area contributed by atoms with E-state index in [9.17, 15) is 9.59 Å². The van der Waals surface area contributed by atoms with Crippen LogP contribution in [-0.2, 0) is 9.59 Å². The maximum atomic E-state index is 10.9. The summed E-state index contributed by atoms with van der Waals surface area (Å²) in [7, 11) is 1.55. The van der Waals surface area contributed by atoms with Crippen molar-refractivity contribution in [3.63, 3.8) is 0 Å². The minimum atomic E-state index is -1.68. The van der Waals surface area contributed by atoms with Crippen molar-refractivity contribution in [2.45, 2.75) is 26.2 Å². The lowest BCUT2D eigenvalue weighted by molar-refractivity contribution is -0.164. The van der Waals surface area contributed by atoms with E-state index in [1.165, 1.54) is 0 Å². The molecule has 0 saturated heterocycles. The predicted molar refractivity (Wildman–Crippen MR) is 51.2 cm³/mol. The van der Waals surface area contributed by atoms with Gasteiger partial charge in [-0.3, -0.25) is 9.59 Å². The molecule has 0 spiro atoms. The highest BCUT2D eigenvalue weighted by atomic mass is 16.4. The molecule has 0 aromatic carbocycles. The standard InChI is InChI=1S/C9H17NO4/c1-3-4-5-9(6-10-2,7(11)12)8(13)14/h10H,3-6H2,1-2H3,(H,11,12)(H,13,14). The van der Waals surface area contributed by atoms with Gasteiger partial charge in [-0.2, -0.15) is 0 Å². The molecule has 0 heterocycles. The van der Waals surface area contributed by atoms with Gasteiger partial charge < -0.3 is 15.5 Å². The highest BCUT2D eigenvalue weighted by Crippen LogP contribution is 2.25. The van der Waals surface area contributed by atoms with E-state index in [4.69, 9.17) is 10.2 Å². The molecule has 0 rings (SSSR count). The van der Waals surface area contributed by atoms with Crippen LogP contribution in [0.2, 0.25) is 0 Å². The van der Waals surface area contributed by atoms with Gasteiger partial charge in [0.25, 0.3) is 0 Å². The summed E-state index contributed by atoms with van der Waals surface area (Å²) in [6, 6.07) is 0. The van der Waals surface area contributed by atoms with E-state index in [1.807, 2.05) is 6.92 Å². The summed E-state index contributed by atoms with van der Waals surface area (Å²) < 4.78 is 0. The van der Waals surface area contributed by atoms with Crippen LogP contribution in [0.1, 0.15) is 26.2 Å². The summed E-state index contributed by atoms with van der Waals surface area (Å²) in [6.45, 7) is 1.85. The van der Waals surface area contributed by atoms with Gasteiger partial charge in [-0.25, -0.2) is 0 Å². The fourth-order valence-corrected chi connectivity index (χ4v) is 1.33. The molecule has 0 unspecified atom stereocenters. The molecule has 0 fully saturated rings. The van der Waals surface area contributed by atoms with Crippen molar-refractivity contribution in [3.8, 4) is 0 Å². The maximum absolute atomic E-state index is 10.9. The van der Waals surface area contributed by atoms with Crippen LogP contribution in [0.4, 0.5) is 0 Å².